The van der Waals surface area contributed by atoms with Crippen molar-refractivity contribution in [1.29, 1.82) is 0 Å². The first-order chi connectivity index (χ1) is 11.2. The molecular formula is C18H17N3OS. The van der Waals surface area contributed by atoms with Crippen LogP contribution in [0.25, 0.3) is 21.5 Å². The molecule has 1 amide bonds. The summed E-state index contributed by atoms with van der Waals surface area (Å²) in [6.07, 6.45) is 3.92. The van der Waals surface area contributed by atoms with Gasteiger partial charge in [0.2, 0.25) is 0 Å². The largest absolute Gasteiger partial charge is 0.339 e. The number of likely N-dealkylation sites (tertiary alicyclic amines) is 1. The Kier molecular flexibility index (Phi) is 3.58. The van der Waals surface area contributed by atoms with E-state index in [1.54, 1.807) is 23.6 Å². The Morgan fingerprint density at radius 1 is 1.17 bits per heavy atom. The Morgan fingerprint density at radius 3 is 2.83 bits per heavy atom. The van der Waals surface area contributed by atoms with Crippen LogP contribution in [-0.2, 0) is 0 Å². The summed E-state index contributed by atoms with van der Waals surface area (Å²) in [6, 6.07) is 9.86. The summed E-state index contributed by atoms with van der Waals surface area (Å²) < 4.78 is 1.18. The molecule has 1 aliphatic rings. The molecule has 0 unspecified atom stereocenters. The van der Waals surface area contributed by atoms with Gasteiger partial charge in [0, 0.05) is 30.4 Å². The van der Waals surface area contributed by atoms with Crippen molar-refractivity contribution >= 4 is 27.5 Å². The number of rotatable bonds is 2. The standard InChI is InChI=1S/C18H17N3OS/c1-12-20-16-10-13(4-5-17(16)23-12)15-11-14(6-7-19-15)18(22)21-8-2-3-9-21/h4-7,10-11H,2-3,8-9H2,1H3. The topological polar surface area (TPSA) is 46.1 Å². The normalized spacial score (nSPS) is 14.6. The minimum atomic E-state index is 0.108. The maximum Gasteiger partial charge on any atom is 0.253 e. The van der Waals surface area contributed by atoms with Gasteiger partial charge >= 0.3 is 0 Å². The number of benzene rings is 1. The molecule has 23 heavy (non-hydrogen) atoms. The fourth-order valence-electron chi connectivity index (χ4n) is 3.03. The van der Waals surface area contributed by atoms with Crippen LogP contribution in [0.3, 0.4) is 0 Å². The SMILES string of the molecule is Cc1nc2cc(-c3cc(C(=O)N4CCCC4)ccn3)ccc2s1. The second-order valence-electron chi connectivity index (χ2n) is 5.84. The van der Waals surface area contributed by atoms with Crippen LogP contribution in [0.5, 0.6) is 0 Å². The molecule has 3 aromatic rings. The van der Waals surface area contributed by atoms with Crippen LogP contribution in [0.4, 0.5) is 0 Å². The van der Waals surface area contributed by atoms with Crippen molar-refractivity contribution in [2.75, 3.05) is 13.1 Å². The molecule has 0 aliphatic carbocycles. The third-order valence-electron chi connectivity index (χ3n) is 4.19. The highest BCUT2D eigenvalue weighted by atomic mass is 32.1. The number of fused-ring (bicyclic) bond motifs is 1. The van der Waals surface area contributed by atoms with Gasteiger partial charge in [-0.05, 0) is 44.0 Å². The highest BCUT2D eigenvalue weighted by molar-refractivity contribution is 7.18. The molecule has 0 atom stereocenters. The van der Waals surface area contributed by atoms with Crippen molar-refractivity contribution in [2.45, 2.75) is 19.8 Å². The van der Waals surface area contributed by atoms with Gasteiger partial charge in [-0.25, -0.2) is 4.98 Å². The highest BCUT2D eigenvalue weighted by Gasteiger charge is 2.20. The van der Waals surface area contributed by atoms with E-state index in [4.69, 9.17) is 0 Å². The van der Waals surface area contributed by atoms with Crippen LogP contribution in [0.15, 0.2) is 36.5 Å². The van der Waals surface area contributed by atoms with Gasteiger partial charge in [0.1, 0.15) is 0 Å². The molecule has 0 spiro atoms. The average Bonchev–Trinajstić information content (AvgIpc) is 3.22. The van der Waals surface area contributed by atoms with Gasteiger partial charge in [0.15, 0.2) is 0 Å². The van der Waals surface area contributed by atoms with Crippen molar-refractivity contribution in [3.63, 3.8) is 0 Å². The molecule has 0 radical (unpaired) electrons. The van der Waals surface area contributed by atoms with Crippen molar-refractivity contribution in [3.05, 3.63) is 47.1 Å². The number of aromatic nitrogens is 2. The number of aryl methyl sites for hydroxylation is 1. The van der Waals surface area contributed by atoms with Crippen molar-refractivity contribution in [3.8, 4) is 11.3 Å². The van der Waals surface area contributed by atoms with Gasteiger partial charge in [0.25, 0.3) is 5.91 Å². The zero-order valence-corrected chi connectivity index (χ0v) is 13.8. The van der Waals surface area contributed by atoms with E-state index in [1.807, 2.05) is 30.0 Å². The first-order valence-corrected chi connectivity index (χ1v) is 8.65. The van der Waals surface area contributed by atoms with Gasteiger partial charge in [0.05, 0.1) is 20.9 Å². The molecule has 2 aromatic heterocycles. The van der Waals surface area contributed by atoms with Gasteiger partial charge in [-0.3, -0.25) is 9.78 Å². The minimum absolute atomic E-state index is 0.108. The molecule has 1 aromatic carbocycles. The number of nitrogens with zero attached hydrogens (tertiary/aromatic N) is 3. The Bertz CT molecular complexity index is 881. The zero-order valence-electron chi connectivity index (χ0n) is 13.0. The molecule has 4 rings (SSSR count). The third-order valence-corrected chi connectivity index (χ3v) is 5.14. The number of thiazole rings is 1. The third kappa shape index (κ3) is 2.72. The van der Waals surface area contributed by atoms with Gasteiger partial charge in [-0.15, -0.1) is 11.3 Å². The highest BCUT2D eigenvalue weighted by Crippen LogP contribution is 2.27. The summed E-state index contributed by atoms with van der Waals surface area (Å²) in [7, 11) is 0. The molecular weight excluding hydrogens is 306 g/mol. The predicted molar refractivity (Wildman–Crippen MR) is 92.7 cm³/mol. The molecule has 1 saturated heterocycles. The molecule has 0 saturated carbocycles. The monoisotopic (exact) mass is 323 g/mol. The Balaban J connectivity index is 1.70. The molecule has 116 valence electrons. The van der Waals surface area contributed by atoms with Gasteiger partial charge < -0.3 is 4.90 Å². The second kappa shape index (κ2) is 5.74. The summed E-state index contributed by atoms with van der Waals surface area (Å²) >= 11 is 1.69. The van der Waals surface area contributed by atoms with E-state index in [-0.39, 0.29) is 5.91 Å². The van der Waals surface area contributed by atoms with Crippen molar-refractivity contribution in [2.24, 2.45) is 0 Å². The van der Waals surface area contributed by atoms with E-state index in [0.717, 1.165) is 47.7 Å². The van der Waals surface area contributed by atoms with Crippen LogP contribution in [-0.4, -0.2) is 33.9 Å². The lowest BCUT2D eigenvalue weighted by atomic mass is 10.1. The maximum absolute atomic E-state index is 12.5. The summed E-state index contributed by atoms with van der Waals surface area (Å²) in [5.74, 6) is 0.108. The van der Waals surface area contributed by atoms with Crippen LogP contribution in [0.1, 0.15) is 28.2 Å². The lowest BCUT2D eigenvalue weighted by Gasteiger charge is -2.15. The first kappa shape index (κ1) is 14.3. The second-order valence-corrected chi connectivity index (χ2v) is 7.08. The average molecular weight is 323 g/mol. The van der Waals surface area contributed by atoms with Gasteiger partial charge in [-0.2, -0.15) is 0 Å². The number of carbonyl (C=O) groups is 1. The van der Waals surface area contributed by atoms with E-state index < -0.39 is 0 Å². The maximum atomic E-state index is 12.5. The fraction of sp³-hybridized carbons (Fsp3) is 0.278. The molecule has 0 bridgehead atoms. The van der Waals surface area contributed by atoms with Crippen LogP contribution < -0.4 is 0 Å². The van der Waals surface area contributed by atoms with Gasteiger partial charge in [-0.1, -0.05) is 6.07 Å². The van der Waals surface area contributed by atoms with Crippen LogP contribution in [0.2, 0.25) is 0 Å². The summed E-state index contributed by atoms with van der Waals surface area (Å²) in [5.41, 5.74) is 3.52. The van der Waals surface area contributed by atoms with Crippen molar-refractivity contribution in [1.82, 2.24) is 14.9 Å². The smallest absolute Gasteiger partial charge is 0.253 e. The van der Waals surface area contributed by atoms with E-state index in [1.165, 1.54) is 4.70 Å². The number of hydrogen-bond acceptors (Lipinski definition) is 4. The van der Waals surface area contributed by atoms with E-state index in [2.05, 4.69) is 16.0 Å². The number of pyridine rings is 1. The molecule has 4 nitrogen and oxygen atoms in total. The Hall–Kier alpha value is -2.27. The zero-order chi connectivity index (χ0) is 15.8. The molecule has 1 aliphatic heterocycles. The number of hydrogen-bond donors (Lipinski definition) is 0. The Labute approximate surface area is 138 Å². The van der Waals surface area contributed by atoms with E-state index in [9.17, 15) is 4.79 Å². The van der Waals surface area contributed by atoms with E-state index in [0.29, 0.717) is 5.56 Å². The summed E-state index contributed by atoms with van der Waals surface area (Å²) in [6.45, 7) is 3.74. The van der Waals surface area contributed by atoms with Crippen LogP contribution in [0, 0.1) is 6.92 Å². The minimum Gasteiger partial charge on any atom is -0.339 e. The quantitative estimate of drug-likeness (QED) is 0.718. The molecule has 1 fully saturated rings. The first-order valence-electron chi connectivity index (χ1n) is 7.83. The number of amides is 1. The van der Waals surface area contributed by atoms with Crippen molar-refractivity contribution < 1.29 is 4.79 Å². The molecule has 0 N–H and O–H groups in total. The fourth-order valence-corrected chi connectivity index (χ4v) is 3.83. The lowest BCUT2D eigenvalue weighted by Crippen LogP contribution is -2.27. The Morgan fingerprint density at radius 2 is 2.00 bits per heavy atom. The predicted octanol–water partition coefficient (Wildman–Crippen LogP) is 3.90. The lowest BCUT2D eigenvalue weighted by molar-refractivity contribution is 0.0793. The van der Waals surface area contributed by atoms with Crippen LogP contribution >= 0.6 is 11.3 Å². The molecule has 3 heterocycles. The summed E-state index contributed by atoms with van der Waals surface area (Å²) in [4.78, 5) is 23.4. The van der Waals surface area contributed by atoms with E-state index >= 15 is 0 Å². The number of carbonyl (C=O) groups excluding carboxylic acids is 1. The molecule has 5 heteroatoms. The summed E-state index contributed by atoms with van der Waals surface area (Å²) in [5, 5.41) is 1.06.